The zero-order valence-corrected chi connectivity index (χ0v) is 14.6. The lowest BCUT2D eigenvalue weighted by molar-refractivity contribution is 0.0950. The van der Waals surface area contributed by atoms with Gasteiger partial charge in [-0.15, -0.1) is 11.3 Å². The molecule has 0 bridgehead atoms. The summed E-state index contributed by atoms with van der Waals surface area (Å²) in [6.45, 7) is 2.03. The largest absolute Gasteiger partial charge is 0.289 e. The molecule has 0 aliphatic carbocycles. The quantitative estimate of drug-likeness (QED) is 0.524. The summed E-state index contributed by atoms with van der Waals surface area (Å²) in [5.74, 6) is -0.331. The van der Waals surface area contributed by atoms with Gasteiger partial charge >= 0.3 is 0 Å². The number of aryl methyl sites for hydroxylation is 1. The number of benzene rings is 1. The van der Waals surface area contributed by atoms with Crippen molar-refractivity contribution in [1.82, 2.24) is 15.6 Å². The van der Waals surface area contributed by atoms with Crippen molar-refractivity contribution in [2.45, 2.75) is 6.92 Å². The van der Waals surface area contributed by atoms with Crippen LogP contribution in [0, 0.1) is 6.92 Å². The molecule has 0 saturated heterocycles. The number of carbonyl (C=O) groups excluding carboxylic acids is 1. The summed E-state index contributed by atoms with van der Waals surface area (Å²) in [6.07, 6.45) is 1.60. The van der Waals surface area contributed by atoms with Crippen LogP contribution in [0.2, 0.25) is 0 Å². The molecule has 5 nitrogen and oxygen atoms in total. The maximum absolute atomic E-state index is 12.0. The third-order valence-electron chi connectivity index (χ3n) is 3.12. The van der Waals surface area contributed by atoms with Gasteiger partial charge in [0.15, 0.2) is 0 Å². The summed E-state index contributed by atoms with van der Waals surface area (Å²) in [7, 11) is 0. The maximum atomic E-state index is 12.0. The van der Waals surface area contributed by atoms with Crippen LogP contribution in [0.5, 0.6) is 0 Å². The van der Waals surface area contributed by atoms with Crippen LogP contribution in [-0.2, 0) is 0 Å². The molecule has 116 valence electrons. The lowest BCUT2D eigenvalue weighted by Crippen LogP contribution is -2.17. The SMILES string of the molecule is Cc1ccc(-c2cc(C(=O)N/N=C\c3ccc(Br)s3)[nH]n2)cc1. The molecule has 0 unspecified atom stereocenters. The van der Waals surface area contributed by atoms with Gasteiger partial charge in [-0.3, -0.25) is 9.89 Å². The van der Waals surface area contributed by atoms with Gasteiger partial charge in [-0.25, -0.2) is 5.43 Å². The smallest absolute Gasteiger partial charge is 0.272 e. The Morgan fingerprint density at radius 3 is 2.78 bits per heavy atom. The van der Waals surface area contributed by atoms with Gasteiger partial charge < -0.3 is 0 Å². The summed E-state index contributed by atoms with van der Waals surface area (Å²) in [5.41, 5.74) is 5.70. The Hall–Kier alpha value is -2.25. The van der Waals surface area contributed by atoms with Gasteiger partial charge in [0.2, 0.25) is 0 Å². The Kier molecular flexibility index (Phi) is 4.68. The third-order valence-corrected chi connectivity index (χ3v) is 4.68. The van der Waals surface area contributed by atoms with Crippen LogP contribution >= 0.6 is 27.3 Å². The standard InChI is InChI=1S/C16H13BrN4OS/c1-10-2-4-11(5-3-10)13-8-14(20-19-13)16(22)21-18-9-12-6-7-15(17)23-12/h2-9H,1H3,(H,19,20)(H,21,22)/b18-9-. The summed E-state index contributed by atoms with van der Waals surface area (Å²) in [5, 5.41) is 10.8. The minimum absolute atomic E-state index is 0.331. The second-order valence-electron chi connectivity index (χ2n) is 4.87. The number of amides is 1. The molecule has 0 aliphatic rings. The molecule has 1 aromatic carbocycles. The van der Waals surface area contributed by atoms with Crippen molar-refractivity contribution in [2.75, 3.05) is 0 Å². The molecule has 0 radical (unpaired) electrons. The number of H-pyrrole nitrogens is 1. The second kappa shape index (κ2) is 6.89. The monoisotopic (exact) mass is 388 g/mol. The van der Waals surface area contributed by atoms with E-state index < -0.39 is 0 Å². The molecule has 2 aromatic heterocycles. The highest BCUT2D eigenvalue weighted by atomic mass is 79.9. The average Bonchev–Trinajstić information content (AvgIpc) is 3.17. The lowest BCUT2D eigenvalue weighted by atomic mass is 10.1. The number of thiophene rings is 1. The summed E-state index contributed by atoms with van der Waals surface area (Å²) in [4.78, 5) is 13.0. The fourth-order valence-corrected chi connectivity index (χ4v) is 3.22. The molecular formula is C16H13BrN4OS. The number of hydrazone groups is 1. The first kappa shape index (κ1) is 15.6. The Morgan fingerprint density at radius 1 is 1.30 bits per heavy atom. The van der Waals surface area contributed by atoms with Crippen LogP contribution in [0.1, 0.15) is 20.9 Å². The zero-order chi connectivity index (χ0) is 16.2. The van der Waals surface area contributed by atoms with Gasteiger partial charge in [-0.2, -0.15) is 10.2 Å². The van der Waals surface area contributed by atoms with Crippen molar-refractivity contribution in [2.24, 2.45) is 5.10 Å². The molecule has 1 amide bonds. The second-order valence-corrected chi connectivity index (χ2v) is 7.37. The van der Waals surface area contributed by atoms with Crippen molar-refractivity contribution >= 4 is 39.4 Å². The van der Waals surface area contributed by atoms with Gasteiger partial charge in [-0.1, -0.05) is 29.8 Å². The summed E-state index contributed by atoms with van der Waals surface area (Å²) in [6, 6.07) is 13.5. The fraction of sp³-hybridized carbons (Fsp3) is 0.0625. The van der Waals surface area contributed by atoms with Crippen molar-refractivity contribution < 1.29 is 4.79 Å². The zero-order valence-electron chi connectivity index (χ0n) is 12.2. The maximum Gasteiger partial charge on any atom is 0.289 e. The van der Waals surface area contributed by atoms with E-state index in [2.05, 4.69) is 36.7 Å². The summed E-state index contributed by atoms with van der Waals surface area (Å²) >= 11 is 4.91. The highest BCUT2D eigenvalue weighted by Crippen LogP contribution is 2.20. The van der Waals surface area contributed by atoms with E-state index in [4.69, 9.17) is 0 Å². The molecule has 0 saturated carbocycles. The first-order valence-corrected chi connectivity index (χ1v) is 8.44. The Balaban J connectivity index is 1.66. The van der Waals surface area contributed by atoms with E-state index in [1.54, 1.807) is 12.3 Å². The molecule has 23 heavy (non-hydrogen) atoms. The van der Waals surface area contributed by atoms with Gasteiger partial charge in [0.05, 0.1) is 15.7 Å². The van der Waals surface area contributed by atoms with Gasteiger partial charge in [0.1, 0.15) is 5.69 Å². The molecule has 3 rings (SSSR count). The van der Waals surface area contributed by atoms with E-state index >= 15 is 0 Å². The van der Waals surface area contributed by atoms with Crippen LogP contribution in [0.3, 0.4) is 0 Å². The first-order valence-electron chi connectivity index (χ1n) is 6.83. The Bertz CT molecular complexity index is 851. The number of hydrogen-bond acceptors (Lipinski definition) is 4. The number of rotatable bonds is 4. The van der Waals surface area contributed by atoms with E-state index in [1.807, 2.05) is 43.3 Å². The predicted molar refractivity (Wildman–Crippen MR) is 95.8 cm³/mol. The first-order chi connectivity index (χ1) is 11.1. The number of hydrogen-bond donors (Lipinski definition) is 2. The number of nitrogens with one attached hydrogen (secondary N) is 2. The fourth-order valence-electron chi connectivity index (χ4n) is 1.92. The third kappa shape index (κ3) is 3.94. The van der Waals surface area contributed by atoms with Crippen LogP contribution in [0.4, 0.5) is 0 Å². The summed E-state index contributed by atoms with van der Waals surface area (Å²) < 4.78 is 1.02. The average molecular weight is 389 g/mol. The molecule has 0 spiro atoms. The van der Waals surface area contributed by atoms with Crippen LogP contribution in [0.25, 0.3) is 11.3 Å². The minimum atomic E-state index is -0.331. The van der Waals surface area contributed by atoms with Crippen molar-refractivity contribution in [3.05, 3.63) is 62.4 Å². The predicted octanol–water partition coefficient (Wildman–Crippen LogP) is 3.97. The van der Waals surface area contributed by atoms with E-state index in [1.165, 1.54) is 16.9 Å². The number of aromatic nitrogens is 2. The van der Waals surface area contributed by atoms with Gasteiger partial charge in [-0.05, 0) is 41.1 Å². The Labute approximate surface area is 145 Å². The van der Waals surface area contributed by atoms with E-state index in [9.17, 15) is 4.79 Å². The molecule has 2 N–H and O–H groups in total. The van der Waals surface area contributed by atoms with Crippen molar-refractivity contribution in [3.63, 3.8) is 0 Å². The number of halogens is 1. The lowest BCUT2D eigenvalue weighted by Gasteiger charge is -1.96. The van der Waals surface area contributed by atoms with E-state index in [0.29, 0.717) is 5.69 Å². The Morgan fingerprint density at radius 2 is 2.09 bits per heavy atom. The van der Waals surface area contributed by atoms with Gasteiger partial charge in [0, 0.05) is 10.4 Å². The number of aromatic amines is 1. The number of nitrogens with zero attached hydrogens (tertiary/aromatic N) is 2. The molecular weight excluding hydrogens is 376 g/mol. The molecule has 0 fully saturated rings. The van der Waals surface area contributed by atoms with Crippen LogP contribution in [0.15, 0.2) is 51.4 Å². The molecule has 0 atom stereocenters. The van der Waals surface area contributed by atoms with Crippen molar-refractivity contribution in [1.29, 1.82) is 0 Å². The highest BCUT2D eigenvalue weighted by Gasteiger charge is 2.10. The number of carbonyl (C=O) groups is 1. The molecule has 2 heterocycles. The van der Waals surface area contributed by atoms with Crippen molar-refractivity contribution in [3.8, 4) is 11.3 Å². The van der Waals surface area contributed by atoms with E-state index in [-0.39, 0.29) is 5.91 Å². The highest BCUT2D eigenvalue weighted by molar-refractivity contribution is 9.11. The topological polar surface area (TPSA) is 70.1 Å². The normalized spacial score (nSPS) is 11.0. The minimum Gasteiger partial charge on any atom is -0.272 e. The van der Waals surface area contributed by atoms with Crippen LogP contribution in [-0.4, -0.2) is 22.3 Å². The van der Waals surface area contributed by atoms with Crippen LogP contribution < -0.4 is 5.43 Å². The van der Waals surface area contributed by atoms with Gasteiger partial charge in [0.25, 0.3) is 5.91 Å². The van der Waals surface area contributed by atoms with E-state index in [0.717, 1.165) is 19.9 Å². The molecule has 7 heteroatoms. The molecule has 3 aromatic rings. The molecule has 0 aliphatic heterocycles.